The molecule has 0 aliphatic carbocycles. The van der Waals surface area contributed by atoms with E-state index >= 15 is 0 Å². The summed E-state index contributed by atoms with van der Waals surface area (Å²) in [5.74, 6) is 0.231. The number of hydrogen-bond acceptors (Lipinski definition) is 2. The number of benzene rings is 2. The molecule has 0 fully saturated rings. The minimum atomic E-state index is -0.222. The van der Waals surface area contributed by atoms with Gasteiger partial charge in [-0.15, -0.1) is 0 Å². The Bertz CT molecular complexity index is 959. The standard InChI is InChI=1S/C22H24N2O2/c1-16(2)12-13-24-20(14-18-10-6-7-11-19(18)22(24)26)21(25)23-15-17-8-4-3-5-9-17/h3-11,14,16H,12-13,15H2,1-2H3,(H,23,25). The van der Waals surface area contributed by atoms with Gasteiger partial charge < -0.3 is 9.88 Å². The van der Waals surface area contributed by atoms with Crippen LogP contribution in [0.1, 0.15) is 36.3 Å². The van der Waals surface area contributed by atoms with Gasteiger partial charge in [-0.25, -0.2) is 0 Å². The van der Waals surface area contributed by atoms with Gasteiger partial charge in [0.25, 0.3) is 11.5 Å². The molecule has 0 aliphatic rings. The van der Waals surface area contributed by atoms with Crippen molar-refractivity contribution in [3.63, 3.8) is 0 Å². The second kappa shape index (κ2) is 8.00. The second-order valence-corrected chi connectivity index (χ2v) is 6.92. The van der Waals surface area contributed by atoms with Crippen LogP contribution in [-0.2, 0) is 13.1 Å². The minimum Gasteiger partial charge on any atom is -0.347 e. The first-order valence-corrected chi connectivity index (χ1v) is 9.01. The van der Waals surface area contributed by atoms with Crippen LogP contribution in [0.15, 0.2) is 65.5 Å². The second-order valence-electron chi connectivity index (χ2n) is 6.92. The van der Waals surface area contributed by atoms with Crippen LogP contribution in [0.2, 0.25) is 0 Å². The van der Waals surface area contributed by atoms with Gasteiger partial charge in [-0.3, -0.25) is 9.59 Å². The van der Waals surface area contributed by atoms with Crippen molar-refractivity contribution in [1.29, 1.82) is 0 Å². The van der Waals surface area contributed by atoms with Crippen molar-refractivity contribution in [3.8, 4) is 0 Å². The Morgan fingerprint density at radius 3 is 2.46 bits per heavy atom. The number of nitrogens with zero attached hydrogens (tertiary/aromatic N) is 1. The molecular formula is C22H24N2O2. The average Bonchev–Trinajstić information content (AvgIpc) is 2.66. The first kappa shape index (κ1) is 17.9. The van der Waals surface area contributed by atoms with Crippen LogP contribution in [0.5, 0.6) is 0 Å². The van der Waals surface area contributed by atoms with Gasteiger partial charge in [0.05, 0.1) is 0 Å². The van der Waals surface area contributed by atoms with Crippen molar-refractivity contribution >= 4 is 16.7 Å². The van der Waals surface area contributed by atoms with E-state index in [1.165, 1.54) is 0 Å². The predicted molar refractivity (Wildman–Crippen MR) is 105 cm³/mol. The van der Waals surface area contributed by atoms with Gasteiger partial charge in [0.15, 0.2) is 0 Å². The number of aromatic nitrogens is 1. The number of rotatable bonds is 6. The lowest BCUT2D eigenvalue weighted by Gasteiger charge is -2.15. The molecule has 134 valence electrons. The van der Waals surface area contributed by atoms with Gasteiger partial charge in [0.2, 0.25) is 0 Å². The van der Waals surface area contributed by atoms with Crippen molar-refractivity contribution in [2.75, 3.05) is 0 Å². The zero-order valence-corrected chi connectivity index (χ0v) is 15.2. The smallest absolute Gasteiger partial charge is 0.268 e. The SMILES string of the molecule is CC(C)CCn1c(C(=O)NCc2ccccc2)cc2ccccc2c1=O. The maximum Gasteiger partial charge on any atom is 0.268 e. The van der Waals surface area contributed by atoms with Crippen LogP contribution >= 0.6 is 0 Å². The molecule has 0 spiro atoms. The molecule has 0 radical (unpaired) electrons. The maximum atomic E-state index is 12.9. The molecule has 0 saturated heterocycles. The third kappa shape index (κ3) is 4.02. The van der Waals surface area contributed by atoms with Crippen LogP contribution in [0.4, 0.5) is 0 Å². The molecule has 26 heavy (non-hydrogen) atoms. The van der Waals surface area contributed by atoms with Gasteiger partial charge in [-0.2, -0.15) is 0 Å². The Morgan fingerprint density at radius 1 is 1.04 bits per heavy atom. The zero-order chi connectivity index (χ0) is 18.5. The lowest BCUT2D eigenvalue weighted by molar-refractivity contribution is 0.0940. The Balaban J connectivity index is 1.95. The molecule has 1 N–H and O–H groups in total. The Hall–Kier alpha value is -2.88. The summed E-state index contributed by atoms with van der Waals surface area (Å²) >= 11 is 0. The average molecular weight is 348 g/mol. The van der Waals surface area contributed by atoms with Crippen molar-refractivity contribution in [2.45, 2.75) is 33.4 Å². The molecule has 0 aliphatic heterocycles. The van der Waals surface area contributed by atoms with Gasteiger partial charge in [-0.05, 0) is 35.4 Å². The monoisotopic (exact) mass is 348 g/mol. The summed E-state index contributed by atoms with van der Waals surface area (Å²) in [7, 11) is 0. The summed E-state index contributed by atoms with van der Waals surface area (Å²) in [6.45, 7) is 5.20. The first-order valence-electron chi connectivity index (χ1n) is 9.01. The first-order chi connectivity index (χ1) is 12.6. The third-order valence-corrected chi connectivity index (χ3v) is 4.48. The van der Waals surface area contributed by atoms with Gasteiger partial charge in [-0.1, -0.05) is 62.4 Å². The van der Waals surface area contributed by atoms with E-state index in [0.717, 1.165) is 17.4 Å². The molecule has 4 heteroatoms. The number of pyridine rings is 1. The van der Waals surface area contributed by atoms with Gasteiger partial charge in [0, 0.05) is 18.5 Å². The number of hydrogen-bond donors (Lipinski definition) is 1. The van der Waals surface area contributed by atoms with Crippen LogP contribution in [0.3, 0.4) is 0 Å². The molecule has 4 nitrogen and oxygen atoms in total. The molecular weight excluding hydrogens is 324 g/mol. The molecule has 1 heterocycles. The number of carbonyl (C=O) groups excluding carboxylic acids is 1. The molecule has 1 aromatic heterocycles. The maximum absolute atomic E-state index is 12.9. The van der Waals surface area contributed by atoms with Crippen LogP contribution < -0.4 is 10.9 Å². The Morgan fingerprint density at radius 2 is 1.73 bits per heavy atom. The Kier molecular flexibility index (Phi) is 5.52. The molecule has 2 aromatic carbocycles. The fraction of sp³-hybridized carbons (Fsp3) is 0.273. The Labute approximate surface area is 153 Å². The van der Waals surface area contributed by atoms with E-state index < -0.39 is 0 Å². The number of carbonyl (C=O) groups is 1. The topological polar surface area (TPSA) is 51.1 Å². The highest BCUT2D eigenvalue weighted by Gasteiger charge is 2.15. The summed E-state index contributed by atoms with van der Waals surface area (Å²) in [4.78, 5) is 25.7. The fourth-order valence-corrected chi connectivity index (χ4v) is 2.96. The van der Waals surface area contributed by atoms with E-state index in [1.54, 1.807) is 4.57 Å². The molecule has 0 saturated carbocycles. The van der Waals surface area contributed by atoms with E-state index in [1.807, 2.05) is 60.7 Å². The minimum absolute atomic E-state index is 0.103. The molecule has 3 aromatic rings. The molecule has 0 atom stereocenters. The van der Waals surface area contributed by atoms with Gasteiger partial charge in [0.1, 0.15) is 5.69 Å². The van der Waals surface area contributed by atoms with Crippen LogP contribution in [-0.4, -0.2) is 10.5 Å². The van der Waals surface area contributed by atoms with Gasteiger partial charge >= 0.3 is 0 Å². The quantitative estimate of drug-likeness (QED) is 0.732. The molecule has 0 unspecified atom stereocenters. The van der Waals surface area contributed by atoms with Crippen LogP contribution in [0.25, 0.3) is 10.8 Å². The number of nitrogens with one attached hydrogen (secondary N) is 1. The third-order valence-electron chi connectivity index (χ3n) is 4.48. The number of fused-ring (bicyclic) bond motifs is 1. The zero-order valence-electron chi connectivity index (χ0n) is 15.2. The highest BCUT2D eigenvalue weighted by molar-refractivity contribution is 5.96. The van der Waals surface area contributed by atoms with E-state index in [4.69, 9.17) is 0 Å². The summed E-state index contributed by atoms with van der Waals surface area (Å²) in [6.07, 6.45) is 0.844. The fourth-order valence-electron chi connectivity index (χ4n) is 2.96. The molecule has 3 rings (SSSR count). The summed E-state index contributed by atoms with van der Waals surface area (Å²) in [6, 6.07) is 19.0. The summed E-state index contributed by atoms with van der Waals surface area (Å²) in [5.41, 5.74) is 1.34. The van der Waals surface area contributed by atoms with E-state index in [9.17, 15) is 9.59 Å². The molecule has 1 amide bonds. The summed E-state index contributed by atoms with van der Waals surface area (Å²) < 4.78 is 1.61. The van der Waals surface area contributed by atoms with E-state index in [0.29, 0.717) is 30.1 Å². The normalized spacial score (nSPS) is 11.0. The highest BCUT2D eigenvalue weighted by Crippen LogP contribution is 2.14. The van der Waals surface area contributed by atoms with Crippen molar-refractivity contribution in [2.24, 2.45) is 5.92 Å². The molecule has 0 bridgehead atoms. The van der Waals surface area contributed by atoms with Crippen molar-refractivity contribution in [3.05, 3.63) is 82.3 Å². The number of amides is 1. The lowest BCUT2D eigenvalue weighted by atomic mass is 10.1. The van der Waals surface area contributed by atoms with Crippen molar-refractivity contribution < 1.29 is 4.79 Å². The predicted octanol–water partition coefficient (Wildman–Crippen LogP) is 3.98. The van der Waals surface area contributed by atoms with Crippen LogP contribution in [0, 0.1) is 5.92 Å². The largest absolute Gasteiger partial charge is 0.347 e. The summed E-state index contributed by atoms with van der Waals surface area (Å²) in [5, 5.41) is 4.38. The lowest BCUT2D eigenvalue weighted by Crippen LogP contribution is -2.32. The highest BCUT2D eigenvalue weighted by atomic mass is 16.2. The van der Waals surface area contributed by atoms with Crippen molar-refractivity contribution in [1.82, 2.24) is 9.88 Å². The van der Waals surface area contributed by atoms with E-state index in [-0.39, 0.29) is 11.5 Å². The van der Waals surface area contributed by atoms with E-state index in [2.05, 4.69) is 19.2 Å².